The van der Waals surface area contributed by atoms with Crippen molar-refractivity contribution >= 4 is 11.7 Å². The van der Waals surface area contributed by atoms with Crippen LogP contribution in [-0.4, -0.2) is 57.0 Å². The number of urea groups is 1. The maximum Gasteiger partial charge on any atom is 0.317 e. The molecule has 8 nitrogen and oxygen atoms in total. The first kappa shape index (κ1) is 16.1. The van der Waals surface area contributed by atoms with E-state index in [-0.39, 0.29) is 11.8 Å². The number of anilines is 1. The van der Waals surface area contributed by atoms with Gasteiger partial charge in [0.1, 0.15) is 12.1 Å². The van der Waals surface area contributed by atoms with Crippen molar-refractivity contribution in [1.82, 2.24) is 25.0 Å². The van der Waals surface area contributed by atoms with E-state index in [1.807, 2.05) is 23.6 Å². The summed E-state index contributed by atoms with van der Waals surface area (Å²) in [6, 6.07) is 7.17. The van der Waals surface area contributed by atoms with Crippen molar-refractivity contribution in [2.45, 2.75) is 20.0 Å². The van der Waals surface area contributed by atoms with Crippen LogP contribution in [0.1, 0.15) is 12.7 Å². The van der Waals surface area contributed by atoms with Crippen molar-refractivity contribution in [3.05, 3.63) is 36.4 Å². The van der Waals surface area contributed by atoms with Gasteiger partial charge in [-0.25, -0.2) is 4.79 Å². The van der Waals surface area contributed by atoms with Gasteiger partial charge in [0.2, 0.25) is 0 Å². The molecule has 2 aromatic rings. The molecule has 8 heteroatoms. The Labute approximate surface area is 140 Å². The molecule has 128 valence electrons. The molecule has 1 aromatic heterocycles. The summed E-state index contributed by atoms with van der Waals surface area (Å²) in [6.07, 6.45) is 1.66. The van der Waals surface area contributed by atoms with Gasteiger partial charge in [-0.1, -0.05) is 12.1 Å². The maximum atomic E-state index is 12.3. The molecule has 1 aliphatic heterocycles. The van der Waals surface area contributed by atoms with Crippen LogP contribution in [0.5, 0.6) is 5.75 Å². The summed E-state index contributed by atoms with van der Waals surface area (Å²) in [5.41, 5.74) is 0.814. The smallest absolute Gasteiger partial charge is 0.317 e. The number of amides is 2. The van der Waals surface area contributed by atoms with Crippen LogP contribution in [0.4, 0.5) is 10.5 Å². The standard InChI is InChI=1S/C16H22N6O2/c1-2-20-12-18-19-15(20)11-17-16(24)22-9-7-21(8-10-22)13-5-3-4-6-14(13)23/h3-6,12,23H,2,7-11H2,1H3,(H,17,24). The van der Waals surface area contributed by atoms with Crippen LogP contribution >= 0.6 is 0 Å². The predicted octanol–water partition coefficient (Wildman–Crippen LogP) is 1.04. The molecular formula is C16H22N6O2. The Balaban J connectivity index is 1.51. The number of carbonyl (C=O) groups excluding carboxylic acids is 1. The van der Waals surface area contributed by atoms with Gasteiger partial charge < -0.3 is 24.8 Å². The van der Waals surface area contributed by atoms with Gasteiger partial charge in [-0.2, -0.15) is 0 Å². The number of phenols is 1. The Kier molecular flexibility index (Phi) is 4.83. The number of nitrogens with zero attached hydrogens (tertiary/aromatic N) is 5. The molecule has 0 bridgehead atoms. The summed E-state index contributed by atoms with van der Waals surface area (Å²) in [4.78, 5) is 16.2. The molecule has 0 spiro atoms. The van der Waals surface area contributed by atoms with E-state index in [2.05, 4.69) is 20.4 Å². The lowest BCUT2D eigenvalue weighted by molar-refractivity contribution is 0.193. The lowest BCUT2D eigenvalue weighted by Gasteiger charge is -2.36. The van der Waals surface area contributed by atoms with Crippen LogP contribution in [-0.2, 0) is 13.1 Å². The largest absolute Gasteiger partial charge is 0.506 e. The number of para-hydroxylation sites is 2. The molecule has 0 radical (unpaired) electrons. The number of piperazine rings is 1. The molecule has 1 fully saturated rings. The molecule has 2 amide bonds. The number of nitrogens with one attached hydrogen (secondary N) is 1. The number of phenolic OH excluding ortho intramolecular Hbond substituents is 1. The first-order chi connectivity index (χ1) is 11.7. The average Bonchev–Trinajstić information content (AvgIpc) is 3.08. The highest BCUT2D eigenvalue weighted by molar-refractivity contribution is 5.74. The minimum absolute atomic E-state index is 0.0995. The number of aromatic hydroxyl groups is 1. The second-order valence-corrected chi connectivity index (χ2v) is 5.65. The van der Waals surface area contributed by atoms with Gasteiger partial charge in [0.15, 0.2) is 5.82 Å². The highest BCUT2D eigenvalue weighted by atomic mass is 16.3. The Morgan fingerprint density at radius 2 is 2.00 bits per heavy atom. The number of rotatable bonds is 4. The number of hydrogen-bond donors (Lipinski definition) is 2. The van der Waals surface area contributed by atoms with Crippen molar-refractivity contribution in [3.63, 3.8) is 0 Å². The van der Waals surface area contributed by atoms with Gasteiger partial charge in [0, 0.05) is 32.7 Å². The Morgan fingerprint density at radius 3 is 2.71 bits per heavy atom. The zero-order chi connectivity index (χ0) is 16.9. The van der Waals surface area contributed by atoms with Crippen LogP contribution in [0.3, 0.4) is 0 Å². The average molecular weight is 330 g/mol. The molecule has 3 rings (SSSR count). The third-order valence-corrected chi connectivity index (χ3v) is 4.22. The van der Waals surface area contributed by atoms with E-state index in [4.69, 9.17) is 0 Å². The Bertz CT molecular complexity index is 693. The summed E-state index contributed by atoms with van der Waals surface area (Å²) in [5, 5.41) is 20.7. The number of aryl methyl sites for hydroxylation is 1. The van der Waals surface area contributed by atoms with Crippen LogP contribution in [0, 0.1) is 0 Å². The van der Waals surface area contributed by atoms with E-state index in [9.17, 15) is 9.90 Å². The lowest BCUT2D eigenvalue weighted by atomic mass is 10.2. The quantitative estimate of drug-likeness (QED) is 0.874. The summed E-state index contributed by atoms with van der Waals surface area (Å²) in [5.74, 6) is 1.02. The third-order valence-electron chi connectivity index (χ3n) is 4.22. The third kappa shape index (κ3) is 3.42. The van der Waals surface area contributed by atoms with Crippen LogP contribution in [0.25, 0.3) is 0 Å². The first-order valence-electron chi connectivity index (χ1n) is 8.11. The fraction of sp³-hybridized carbons (Fsp3) is 0.438. The van der Waals surface area contributed by atoms with Gasteiger partial charge >= 0.3 is 6.03 Å². The van der Waals surface area contributed by atoms with Gasteiger partial charge in [0.05, 0.1) is 12.2 Å². The van der Waals surface area contributed by atoms with Gasteiger partial charge in [-0.15, -0.1) is 10.2 Å². The minimum atomic E-state index is -0.0995. The number of hydrogen-bond acceptors (Lipinski definition) is 5. The summed E-state index contributed by atoms with van der Waals surface area (Å²) in [6.45, 7) is 5.75. The number of benzene rings is 1. The topological polar surface area (TPSA) is 86.5 Å². The van der Waals surface area contributed by atoms with Gasteiger partial charge in [0.25, 0.3) is 0 Å². The highest BCUT2D eigenvalue weighted by Gasteiger charge is 2.22. The van der Waals surface area contributed by atoms with Crippen molar-refractivity contribution in [1.29, 1.82) is 0 Å². The van der Waals surface area contributed by atoms with E-state index in [0.29, 0.717) is 32.7 Å². The molecule has 2 heterocycles. The summed E-state index contributed by atoms with van der Waals surface area (Å²) in [7, 11) is 0. The summed E-state index contributed by atoms with van der Waals surface area (Å²) < 4.78 is 1.90. The number of aromatic nitrogens is 3. The zero-order valence-electron chi connectivity index (χ0n) is 13.7. The second kappa shape index (κ2) is 7.20. The fourth-order valence-electron chi connectivity index (χ4n) is 2.83. The SMILES string of the molecule is CCn1cnnc1CNC(=O)N1CCN(c2ccccc2O)CC1. The van der Waals surface area contributed by atoms with Gasteiger partial charge in [-0.3, -0.25) is 0 Å². The molecule has 0 unspecified atom stereocenters. The van der Waals surface area contributed by atoms with E-state index < -0.39 is 0 Å². The van der Waals surface area contributed by atoms with E-state index in [1.165, 1.54) is 0 Å². The lowest BCUT2D eigenvalue weighted by Crippen LogP contribution is -2.51. The normalized spacial score (nSPS) is 14.7. The molecule has 2 N–H and O–H groups in total. The highest BCUT2D eigenvalue weighted by Crippen LogP contribution is 2.27. The Morgan fingerprint density at radius 1 is 1.25 bits per heavy atom. The van der Waals surface area contributed by atoms with Crippen LogP contribution in [0.15, 0.2) is 30.6 Å². The monoisotopic (exact) mass is 330 g/mol. The van der Waals surface area contributed by atoms with Crippen molar-refractivity contribution in [2.75, 3.05) is 31.1 Å². The Hall–Kier alpha value is -2.77. The van der Waals surface area contributed by atoms with Crippen LogP contribution in [0.2, 0.25) is 0 Å². The van der Waals surface area contributed by atoms with Crippen molar-refractivity contribution in [2.24, 2.45) is 0 Å². The molecule has 1 saturated heterocycles. The maximum absolute atomic E-state index is 12.3. The van der Waals surface area contributed by atoms with E-state index >= 15 is 0 Å². The molecule has 0 saturated carbocycles. The zero-order valence-corrected chi connectivity index (χ0v) is 13.7. The first-order valence-corrected chi connectivity index (χ1v) is 8.11. The molecule has 1 aromatic carbocycles. The van der Waals surface area contributed by atoms with Crippen LogP contribution < -0.4 is 10.2 Å². The van der Waals surface area contributed by atoms with E-state index in [0.717, 1.165) is 18.1 Å². The molecule has 0 atom stereocenters. The second-order valence-electron chi connectivity index (χ2n) is 5.65. The van der Waals surface area contributed by atoms with E-state index in [1.54, 1.807) is 23.4 Å². The van der Waals surface area contributed by atoms with Crippen molar-refractivity contribution in [3.8, 4) is 5.75 Å². The minimum Gasteiger partial charge on any atom is -0.506 e. The summed E-state index contributed by atoms with van der Waals surface area (Å²) >= 11 is 0. The molecular weight excluding hydrogens is 308 g/mol. The molecule has 0 aliphatic carbocycles. The predicted molar refractivity (Wildman–Crippen MR) is 89.8 cm³/mol. The number of carbonyl (C=O) groups is 1. The molecule has 1 aliphatic rings. The fourth-order valence-corrected chi connectivity index (χ4v) is 2.83. The van der Waals surface area contributed by atoms with Gasteiger partial charge in [-0.05, 0) is 19.1 Å². The van der Waals surface area contributed by atoms with Crippen molar-refractivity contribution < 1.29 is 9.90 Å². The molecule has 24 heavy (non-hydrogen) atoms.